The van der Waals surface area contributed by atoms with Gasteiger partial charge in [0.15, 0.2) is 0 Å². The number of hydrogen-bond acceptors (Lipinski definition) is 3. The summed E-state index contributed by atoms with van der Waals surface area (Å²) in [5, 5.41) is 3.57. The molecule has 2 bridgehead atoms. The van der Waals surface area contributed by atoms with Gasteiger partial charge in [-0.15, -0.1) is 0 Å². The second-order valence-corrected chi connectivity index (χ2v) is 5.07. The number of rotatable bonds is 2. The number of piperazine rings is 1. The molecule has 3 heteroatoms. The number of nitrogens with zero attached hydrogens (tertiary/aromatic N) is 1. The minimum Gasteiger partial charge on any atom is -0.328 e. The molecule has 2 aliphatic heterocycles. The Hall–Kier alpha value is -0.120. The van der Waals surface area contributed by atoms with Crippen LogP contribution < -0.4 is 11.1 Å². The van der Waals surface area contributed by atoms with Crippen molar-refractivity contribution >= 4 is 0 Å². The average Bonchev–Trinajstić information content (AvgIpc) is 2.10. The van der Waals surface area contributed by atoms with E-state index in [4.69, 9.17) is 5.73 Å². The molecule has 2 fully saturated rings. The van der Waals surface area contributed by atoms with Gasteiger partial charge in [-0.2, -0.15) is 0 Å². The van der Waals surface area contributed by atoms with Crippen LogP contribution in [0.15, 0.2) is 0 Å². The molecule has 3 nitrogen and oxygen atoms in total. The van der Waals surface area contributed by atoms with Crippen LogP contribution in [0.3, 0.4) is 0 Å². The lowest BCUT2D eigenvalue weighted by molar-refractivity contribution is -0.0190. The van der Waals surface area contributed by atoms with Crippen molar-refractivity contribution in [3.63, 3.8) is 0 Å². The molecule has 2 rings (SSSR count). The highest BCUT2D eigenvalue weighted by atomic mass is 15.3. The van der Waals surface area contributed by atoms with Crippen molar-refractivity contribution < 1.29 is 0 Å². The Morgan fingerprint density at radius 2 is 2.36 bits per heavy atom. The van der Waals surface area contributed by atoms with E-state index in [1.807, 2.05) is 0 Å². The summed E-state index contributed by atoms with van der Waals surface area (Å²) in [5.74, 6) is 0. The fourth-order valence-electron chi connectivity index (χ4n) is 3.33. The highest BCUT2D eigenvalue weighted by Crippen LogP contribution is 2.35. The van der Waals surface area contributed by atoms with E-state index in [0.29, 0.717) is 17.6 Å². The van der Waals surface area contributed by atoms with Gasteiger partial charge in [0.2, 0.25) is 0 Å². The molecule has 0 aromatic carbocycles. The lowest BCUT2D eigenvalue weighted by Crippen LogP contribution is -2.69. The summed E-state index contributed by atoms with van der Waals surface area (Å²) in [7, 11) is 2.28. The van der Waals surface area contributed by atoms with Gasteiger partial charge < -0.3 is 11.1 Å². The van der Waals surface area contributed by atoms with E-state index in [9.17, 15) is 0 Å². The van der Waals surface area contributed by atoms with E-state index in [1.165, 1.54) is 19.3 Å². The third-order valence-corrected chi connectivity index (χ3v) is 4.06. The maximum Gasteiger partial charge on any atom is 0.0349 e. The number of fused-ring (bicyclic) bond motifs is 2. The number of likely N-dealkylation sites (N-methyl/N-ethyl adjacent to an activating group) is 1. The van der Waals surface area contributed by atoms with Gasteiger partial charge >= 0.3 is 0 Å². The first-order valence-corrected chi connectivity index (χ1v) is 5.87. The van der Waals surface area contributed by atoms with Crippen molar-refractivity contribution in [3.8, 4) is 0 Å². The van der Waals surface area contributed by atoms with Crippen LogP contribution in [-0.2, 0) is 0 Å². The predicted molar refractivity (Wildman–Crippen MR) is 59.3 cm³/mol. The van der Waals surface area contributed by atoms with Gasteiger partial charge in [-0.05, 0) is 26.3 Å². The van der Waals surface area contributed by atoms with Crippen LogP contribution in [0.5, 0.6) is 0 Å². The van der Waals surface area contributed by atoms with Gasteiger partial charge in [-0.1, -0.05) is 13.3 Å². The lowest BCUT2D eigenvalue weighted by Gasteiger charge is -2.55. The normalized spacial score (nSPS) is 43.9. The topological polar surface area (TPSA) is 41.3 Å². The van der Waals surface area contributed by atoms with Gasteiger partial charge in [0, 0.05) is 30.7 Å². The number of piperidine rings is 1. The summed E-state index contributed by atoms with van der Waals surface area (Å²) < 4.78 is 0. The summed E-state index contributed by atoms with van der Waals surface area (Å²) in [4.78, 5) is 2.59. The third-order valence-electron chi connectivity index (χ3n) is 4.06. The molecule has 0 amide bonds. The summed E-state index contributed by atoms with van der Waals surface area (Å²) in [6, 6.07) is 1.09. The Labute approximate surface area is 87.0 Å². The van der Waals surface area contributed by atoms with Crippen molar-refractivity contribution in [1.82, 2.24) is 10.2 Å². The Kier molecular flexibility index (Phi) is 2.82. The molecule has 2 heterocycles. The fourth-order valence-corrected chi connectivity index (χ4v) is 3.33. The third kappa shape index (κ3) is 1.58. The average molecular weight is 197 g/mol. The van der Waals surface area contributed by atoms with Crippen LogP contribution in [0.2, 0.25) is 0 Å². The number of nitrogens with one attached hydrogen (secondary N) is 1. The maximum absolute atomic E-state index is 6.15. The van der Waals surface area contributed by atoms with Crippen molar-refractivity contribution in [2.24, 2.45) is 5.73 Å². The van der Waals surface area contributed by atoms with Crippen LogP contribution in [0.4, 0.5) is 0 Å². The molecule has 0 aliphatic carbocycles. The molecule has 0 radical (unpaired) electrons. The smallest absolute Gasteiger partial charge is 0.0349 e. The molecule has 82 valence electrons. The maximum atomic E-state index is 6.15. The molecule has 3 N–H and O–H groups in total. The first-order valence-electron chi connectivity index (χ1n) is 5.87. The molecule has 0 spiro atoms. The summed E-state index contributed by atoms with van der Waals surface area (Å²) in [6.07, 6.45) is 4.86. The molecule has 14 heavy (non-hydrogen) atoms. The molecule has 3 atom stereocenters. The largest absolute Gasteiger partial charge is 0.328 e. The Morgan fingerprint density at radius 3 is 3.07 bits per heavy atom. The zero-order valence-corrected chi connectivity index (χ0v) is 9.42. The molecular weight excluding hydrogens is 174 g/mol. The van der Waals surface area contributed by atoms with Gasteiger partial charge in [-0.25, -0.2) is 0 Å². The summed E-state index contributed by atoms with van der Waals surface area (Å²) >= 11 is 0. The highest BCUT2D eigenvalue weighted by Gasteiger charge is 2.45. The van der Waals surface area contributed by atoms with Gasteiger partial charge in [-0.3, -0.25) is 4.90 Å². The lowest BCUT2D eigenvalue weighted by atomic mass is 9.76. The summed E-state index contributed by atoms with van der Waals surface area (Å²) in [5.41, 5.74) is 6.50. The van der Waals surface area contributed by atoms with E-state index < -0.39 is 0 Å². The molecule has 0 saturated carbocycles. The quantitative estimate of drug-likeness (QED) is 0.679. The highest BCUT2D eigenvalue weighted by molar-refractivity contribution is 5.05. The van der Waals surface area contributed by atoms with Gasteiger partial charge in [0.25, 0.3) is 0 Å². The van der Waals surface area contributed by atoms with Crippen molar-refractivity contribution in [1.29, 1.82) is 0 Å². The van der Waals surface area contributed by atoms with E-state index in [2.05, 4.69) is 24.2 Å². The first kappa shape index (κ1) is 10.4. The Bertz CT molecular complexity index is 203. The zero-order valence-electron chi connectivity index (χ0n) is 9.42. The molecule has 0 aromatic rings. The second kappa shape index (κ2) is 3.80. The monoisotopic (exact) mass is 197 g/mol. The van der Waals surface area contributed by atoms with E-state index in [-0.39, 0.29) is 0 Å². The molecular formula is C11H23N3. The first-order chi connectivity index (χ1) is 6.68. The minimum atomic E-state index is 0.356. The molecule has 2 saturated heterocycles. The predicted octanol–water partition coefficient (Wildman–Crippen LogP) is 0.550. The van der Waals surface area contributed by atoms with E-state index >= 15 is 0 Å². The molecule has 2 aliphatic rings. The van der Waals surface area contributed by atoms with Crippen LogP contribution >= 0.6 is 0 Å². The van der Waals surface area contributed by atoms with E-state index in [0.717, 1.165) is 19.5 Å². The SMILES string of the molecule is CCCC12CNCC(CC(N)C1)N2C. The molecule has 0 aromatic heterocycles. The van der Waals surface area contributed by atoms with Crippen molar-refractivity contribution in [2.45, 2.75) is 50.2 Å². The van der Waals surface area contributed by atoms with E-state index in [1.54, 1.807) is 0 Å². The second-order valence-electron chi connectivity index (χ2n) is 5.07. The number of nitrogens with two attached hydrogens (primary N) is 1. The van der Waals surface area contributed by atoms with Gasteiger partial charge in [0.05, 0.1) is 0 Å². The number of hydrogen-bond donors (Lipinski definition) is 2. The Balaban J connectivity index is 2.17. The van der Waals surface area contributed by atoms with Crippen LogP contribution in [0.25, 0.3) is 0 Å². The van der Waals surface area contributed by atoms with Crippen LogP contribution in [0.1, 0.15) is 32.6 Å². The Morgan fingerprint density at radius 1 is 1.57 bits per heavy atom. The van der Waals surface area contributed by atoms with Crippen molar-refractivity contribution in [3.05, 3.63) is 0 Å². The molecule has 3 unspecified atom stereocenters. The van der Waals surface area contributed by atoms with Gasteiger partial charge in [0.1, 0.15) is 0 Å². The van der Waals surface area contributed by atoms with Crippen LogP contribution in [-0.4, -0.2) is 42.7 Å². The van der Waals surface area contributed by atoms with Crippen LogP contribution in [0, 0.1) is 0 Å². The minimum absolute atomic E-state index is 0.356. The standard InChI is InChI=1S/C11H23N3/c1-3-4-11-6-9(12)5-10(14(11)2)7-13-8-11/h9-10,13H,3-8,12H2,1-2H3. The zero-order chi connectivity index (χ0) is 10.2. The fraction of sp³-hybridized carbons (Fsp3) is 1.00. The summed E-state index contributed by atoms with van der Waals surface area (Å²) in [6.45, 7) is 4.52. The van der Waals surface area contributed by atoms with Crippen molar-refractivity contribution in [2.75, 3.05) is 20.1 Å².